The number of carbonyl (C=O) groups is 1. The lowest BCUT2D eigenvalue weighted by molar-refractivity contribution is -0.263. The fourth-order valence-corrected chi connectivity index (χ4v) is 8.99. The lowest BCUT2D eigenvalue weighted by Gasteiger charge is -2.44. The fraction of sp³-hybridized carbons (Fsp3) is 0.260. The van der Waals surface area contributed by atoms with Gasteiger partial charge in [-0.1, -0.05) is 139 Å². The van der Waals surface area contributed by atoms with Crippen LogP contribution in [0.25, 0.3) is 0 Å². The van der Waals surface area contributed by atoms with E-state index in [1.165, 1.54) is 12.1 Å². The smallest absolute Gasteiger partial charge is 0.241 e. The van der Waals surface area contributed by atoms with Crippen LogP contribution in [-0.4, -0.2) is 66.8 Å². The number of phenols is 1. The highest BCUT2D eigenvalue weighted by atomic mass is 32.2. The molecule has 1 unspecified atom stereocenters. The summed E-state index contributed by atoms with van der Waals surface area (Å²) in [4.78, 5) is 15.8. The molecule has 1 saturated heterocycles. The van der Waals surface area contributed by atoms with Crippen molar-refractivity contribution in [3.8, 4) is 5.75 Å². The number of benzene rings is 6. The van der Waals surface area contributed by atoms with Crippen molar-refractivity contribution in [2.45, 2.75) is 68.0 Å². The molecule has 5 N–H and O–H groups in total. The highest BCUT2D eigenvalue weighted by Crippen LogP contribution is 2.47. The van der Waals surface area contributed by atoms with Gasteiger partial charge in [0.1, 0.15) is 11.8 Å². The van der Waals surface area contributed by atoms with Gasteiger partial charge in [-0.25, -0.2) is 8.42 Å². The molecule has 11 nitrogen and oxygen atoms in total. The summed E-state index contributed by atoms with van der Waals surface area (Å²) in [5.41, 5.74) is 6.60. The Morgan fingerprint density at radius 3 is 2.05 bits per heavy atom. The number of nitrogens with zero attached hydrogens (tertiary/aromatic N) is 1. The number of ether oxygens (including phenoxy) is 2. The molecule has 322 valence electrons. The number of aliphatic hydroxyl groups is 2. The van der Waals surface area contributed by atoms with Gasteiger partial charge >= 0.3 is 0 Å². The van der Waals surface area contributed by atoms with Crippen molar-refractivity contribution >= 4 is 15.9 Å². The second kappa shape index (κ2) is 20.4. The Kier molecular flexibility index (Phi) is 14.6. The van der Waals surface area contributed by atoms with E-state index >= 15 is 0 Å². The molecule has 0 spiro atoms. The van der Waals surface area contributed by atoms with Crippen LogP contribution in [0.4, 0.5) is 0 Å². The molecule has 1 heterocycles. The fourth-order valence-electron chi connectivity index (χ4n) is 7.80. The average molecular weight is 856 g/mol. The van der Waals surface area contributed by atoms with Crippen LogP contribution < -0.4 is 10.0 Å². The van der Waals surface area contributed by atoms with Crippen LogP contribution in [-0.2, 0) is 43.9 Å². The van der Waals surface area contributed by atoms with Crippen LogP contribution in [0.2, 0.25) is 0 Å². The van der Waals surface area contributed by atoms with Crippen LogP contribution in [0.15, 0.2) is 163 Å². The van der Waals surface area contributed by atoms with E-state index in [1.807, 2.05) is 116 Å². The Morgan fingerprint density at radius 2 is 1.39 bits per heavy atom. The van der Waals surface area contributed by atoms with Crippen molar-refractivity contribution in [1.29, 1.82) is 0 Å². The average Bonchev–Trinajstić information content (AvgIpc) is 3.28. The number of carbonyl (C=O) groups excluding carboxylic acids is 1. The number of nitrogens with one attached hydrogen (secondary N) is 2. The first kappa shape index (κ1) is 44.4. The number of aryl methyl sites for hydroxylation is 1. The van der Waals surface area contributed by atoms with Crippen molar-refractivity contribution in [2.75, 3.05) is 20.1 Å². The Balaban J connectivity index is 1.11. The summed E-state index contributed by atoms with van der Waals surface area (Å²) in [6.07, 6.45) is -2.35. The summed E-state index contributed by atoms with van der Waals surface area (Å²) in [5.74, 6) is -0.633. The summed E-state index contributed by atoms with van der Waals surface area (Å²) in [5, 5.41) is 33.9. The van der Waals surface area contributed by atoms with Gasteiger partial charge in [0.15, 0.2) is 6.29 Å². The predicted molar refractivity (Wildman–Crippen MR) is 237 cm³/mol. The van der Waals surface area contributed by atoms with E-state index in [2.05, 4.69) is 22.2 Å². The van der Waals surface area contributed by atoms with Crippen molar-refractivity contribution in [1.82, 2.24) is 14.9 Å². The third kappa shape index (κ3) is 11.4. The molecule has 62 heavy (non-hydrogen) atoms. The van der Waals surface area contributed by atoms with Gasteiger partial charge in [0, 0.05) is 31.1 Å². The van der Waals surface area contributed by atoms with E-state index in [9.17, 15) is 28.5 Å². The Morgan fingerprint density at radius 1 is 0.742 bits per heavy atom. The van der Waals surface area contributed by atoms with Gasteiger partial charge in [0.2, 0.25) is 15.9 Å². The summed E-state index contributed by atoms with van der Waals surface area (Å²) in [7, 11) is -2.08. The van der Waals surface area contributed by atoms with E-state index in [0.29, 0.717) is 12.1 Å². The van der Waals surface area contributed by atoms with Crippen molar-refractivity contribution in [2.24, 2.45) is 0 Å². The molecule has 1 aliphatic rings. The number of hydrogen-bond donors (Lipinski definition) is 5. The number of rotatable bonds is 17. The largest absolute Gasteiger partial charge is 0.508 e. The maximum Gasteiger partial charge on any atom is 0.241 e. The molecule has 6 atom stereocenters. The molecule has 0 radical (unpaired) electrons. The Labute approximate surface area is 363 Å². The van der Waals surface area contributed by atoms with Gasteiger partial charge < -0.3 is 35.0 Å². The first-order chi connectivity index (χ1) is 29.9. The summed E-state index contributed by atoms with van der Waals surface area (Å²) in [6, 6.07) is 46.6. The predicted octanol–water partition coefficient (Wildman–Crippen LogP) is 7.00. The molecular formula is C50H53N3O8S. The normalized spacial score (nSPS) is 18.9. The molecule has 0 saturated carbocycles. The molecule has 0 aliphatic carbocycles. The van der Waals surface area contributed by atoms with E-state index < -0.39 is 46.6 Å². The zero-order valence-electron chi connectivity index (χ0n) is 34.7. The molecule has 0 aromatic heterocycles. The molecule has 7 rings (SSSR count). The molecule has 1 amide bonds. The molecule has 1 fully saturated rings. The molecule has 1 aliphatic heterocycles. The second-order valence-electron chi connectivity index (χ2n) is 15.9. The molecule has 6 aromatic rings. The zero-order valence-corrected chi connectivity index (χ0v) is 35.6. The highest BCUT2D eigenvalue weighted by Gasteiger charge is 2.42. The highest BCUT2D eigenvalue weighted by molar-refractivity contribution is 7.89. The van der Waals surface area contributed by atoms with Crippen LogP contribution in [0.1, 0.15) is 68.9 Å². The number of aromatic hydroxyl groups is 1. The van der Waals surface area contributed by atoms with Crippen molar-refractivity contribution in [3.05, 3.63) is 202 Å². The quantitative estimate of drug-likeness (QED) is 0.0652. The summed E-state index contributed by atoms with van der Waals surface area (Å²) in [6.45, 7) is 2.65. The lowest BCUT2D eigenvalue weighted by Crippen LogP contribution is -2.47. The standard InChI is InChI=1S/C50H53N3O8S/c1-34-16-26-43(27-17-34)62(58,59)52-44(28-35-10-5-3-6-11-35)49(57)51-30-36-18-24-40(25-19-36)50-60-46(32-53(2)31-45(56)41-14-9-15-42(55)29-41)47(38-12-7-4-8-13-38)48(61-50)39-22-20-37(33-54)21-23-39/h3-27,29,44-48,50,52,54-56H,28,30-33H2,1-2H3,(H,51,57)/t44-,45-,46-,47-,48+,50?/m1/s1. The first-order valence-corrected chi connectivity index (χ1v) is 22.1. The topological polar surface area (TPSA) is 158 Å². The van der Waals surface area contributed by atoms with E-state index in [0.717, 1.165) is 38.9 Å². The molecular weight excluding hydrogens is 803 g/mol. The third-order valence-electron chi connectivity index (χ3n) is 11.1. The first-order valence-electron chi connectivity index (χ1n) is 20.7. The Bertz CT molecular complexity index is 2470. The minimum absolute atomic E-state index is 0.0796. The van der Waals surface area contributed by atoms with Crippen molar-refractivity contribution < 1.29 is 38.0 Å². The SMILES string of the molecule is Cc1ccc(S(=O)(=O)N[C@H](Cc2ccccc2)C(=O)NCc2ccc(C3O[C@H](CN(C)C[C@@H](O)c4cccc(O)c4)[C@@H](c4ccccc4)[C@H](c4ccc(CO)cc4)O3)cc2)cc1. The maximum atomic E-state index is 13.7. The molecule has 0 bridgehead atoms. The molecule has 6 aromatic carbocycles. The van der Waals surface area contributed by atoms with Crippen molar-refractivity contribution in [3.63, 3.8) is 0 Å². The number of aliphatic hydroxyl groups excluding tert-OH is 2. The van der Waals surface area contributed by atoms with Gasteiger partial charge in [-0.15, -0.1) is 0 Å². The Hall–Kier alpha value is -5.70. The van der Waals surface area contributed by atoms with Gasteiger partial charge in [0.05, 0.1) is 29.8 Å². The second-order valence-corrected chi connectivity index (χ2v) is 17.6. The zero-order chi connectivity index (χ0) is 43.6. The number of hydrogen-bond acceptors (Lipinski definition) is 9. The van der Waals surface area contributed by atoms with E-state index in [4.69, 9.17) is 9.47 Å². The van der Waals surface area contributed by atoms with Crippen LogP contribution in [0.3, 0.4) is 0 Å². The lowest BCUT2D eigenvalue weighted by atomic mass is 9.83. The van der Waals surface area contributed by atoms with E-state index in [1.54, 1.807) is 36.4 Å². The molecule has 12 heteroatoms. The van der Waals surface area contributed by atoms with Gasteiger partial charge in [0.25, 0.3) is 0 Å². The maximum absolute atomic E-state index is 13.7. The number of phenolic OH excluding ortho intramolecular Hbond substituents is 1. The minimum Gasteiger partial charge on any atom is -0.508 e. The van der Waals surface area contributed by atoms with E-state index in [-0.39, 0.29) is 42.7 Å². The van der Waals surface area contributed by atoms with Crippen LogP contribution in [0.5, 0.6) is 5.75 Å². The summed E-state index contributed by atoms with van der Waals surface area (Å²) >= 11 is 0. The number of likely N-dealkylation sites (N-methyl/N-ethyl adjacent to an activating group) is 1. The summed E-state index contributed by atoms with van der Waals surface area (Å²) < 4.78 is 43.2. The van der Waals surface area contributed by atoms with Crippen LogP contribution >= 0.6 is 0 Å². The third-order valence-corrected chi connectivity index (χ3v) is 12.6. The van der Waals surface area contributed by atoms with Crippen LogP contribution in [0, 0.1) is 6.92 Å². The number of sulfonamides is 1. The van der Waals surface area contributed by atoms with Gasteiger partial charge in [-0.05, 0) is 78.0 Å². The monoisotopic (exact) mass is 855 g/mol. The number of amides is 1. The van der Waals surface area contributed by atoms with Gasteiger partial charge in [-0.3, -0.25) is 4.79 Å². The minimum atomic E-state index is -4.00. The van der Waals surface area contributed by atoms with Gasteiger partial charge in [-0.2, -0.15) is 4.72 Å².